The first-order valence-electron chi connectivity index (χ1n) is 9.64. The minimum absolute atomic E-state index is 0. The first-order valence-corrected chi connectivity index (χ1v) is 9.64. The van der Waals surface area contributed by atoms with E-state index in [0.717, 1.165) is 26.2 Å². The maximum absolute atomic E-state index is 8.00. The second kappa shape index (κ2) is 25.6. The van der Waals surface area contributed by atoms with Gasteiger partial charge in [-0.15, -0.1) is 0 Å². The summed E-state index contributed by atoms with van der Waals surface area (Å²) in [5.41, 5.74) is 12.2. The Balaban J connectivity index is -0.0000000713. The van der Waals surface area contributed by atoms with E-state index < -0.39 is 0 Å². The van der Waals surface area contributed by atoms with Crippen LogP contribution < -0.4 is 22.1 Å². The molecule has 10 heteroatoms. The standard InChI is InChI=1S/C7H16N4O.C5H12O.C4H10N2.C2H6.CH2O.CH4.H2O.H2/c1-10-3-6(8)7(9)11(2)5-12-4-10;1-5(2,3)6-4;1-2-6-4-3-5-1;2*1-2;;;/h3-5,8-9H2,1-2H3;1-4H3;5-6H,1-4H2;1-2H3;1H2;1H4;1H2;1H/b7-6+;;;;;;;. The average Bonchev–Trinajstić information content (AvgIpc) is 2.71. The highest BCUT2D eigenvalue weighted by Crippen LogP contribution is 2.03. The fourth-order valence-corrected chi connectivity index (χ4v) is 1.67. The van der Waals surface area contributed by atoms with Crippen molar-refractivity contribution < 1.29 is 21.2 Å². The largest absolute Gasteiger partial charge is 0.412 e. The summed E-state index contributed by atoms with van der Waals surface area (Å²) in [4.78, 5) is 11.8. The fraction of sp³-hybridized carbons (Fsp3) is 0.850. The first-order chi connectivity index (χ1) is 13.2. The zero-order valence-electron chi connectivity index (χ0n) is 19.9. The van der Waals surface area contributed by atoms with Crippen molar-refractivity contribution in [3.05, 3.63) is 11.5 Å². The Kier molecular flexibility index (Phi) is 33.4. The summed E-state index contributed by atoms with van der Waals surface area (Å²) in [6.07, 6.45) is 0. The molecule has 0 atom stereocenters. The molecule has 2 aliphatic heterocycles. The van der Waals surface area contributed by atoms with Crippen molar-refractivity contribution in [3.8, 4) is 0 Å². The molecule has 30 heavy (non-hydrogen) atoms. The summed E-state index contributed by atoms with van der Waals surface area (Å²) >= 11 is 0. The molecule has 0 aromatic rings. The van der Waals surface area contributed by atoms with E-state index in [-0.39, 0.29) is 19.9 Å². The van der Waals surface area contributed by atoms with Crippen molar-refractivity contribution in [2.75, 3.05) is 67.4 Å². The smallest absolute Gasteiger partial charge is 0.121 e. The summed E-state index contributed by atoms with van der Waals surface area (Å²) in [6, 6.07) is 0. The second-order valence-electron chi connectivity index (χ2n) is 6.90. The molecule has 2 rings (SSSR count). The van der Waals surface area contributed by atoms with Crippen molar-refractivity contribution in [1.82, 2.24) is 20.4 Å². The van der Waals surface area contributed by atoms with E-state index in [0.29, 0.717) is 31.5 Å². The lowest BCUT2D eigenvalue weighted by Gasteiger charge is -2.27. The highest BCUT2D eigenvalue weighted by atomic mass is 16.5. The van der Waals surface area contributed by atoms with Gasteiger partial charge in [-0.2, -0.15) is 0 Å². The number of carbonyl (C=O) groups excluding carboxylic acids is 1. The Labute approximate surface area is 187 Å². The normalized spacial score (nSPS) is 18.9. The summed E-state index contributed by atoms with van der Waals surface area (Å²) < 4.78 is 10.2. The first kappa shape index (κ1) is 39.1. The van der Waals surface area contributed by atoms with Crippen molar-refractivity contribution in [2.24, 2.45) is 11.5 Å². The predicted molar refractivity (Wildman–Crippen MR) is 130 cm³/mol. The number of hydrogen-bond donors (Lipinski definition) is 4. The lowest BCUT2D eigenvalue weighted by atomic mass is 10.2. The van der Waals surface area contributed by atoms with E-state index >= 15 is 0 Å². The molecule has 0 aliphatic carbocycles. The number of piperazine rings is 1. The van der Waals surface area contributed by atoms with Crippen molar-refractivity contribution in [2.45, 2.75) is 47.6 Å². The van der Waals surface area contributed by atoms with Gasteiger partial charge in [0.05, 0.1) is 11.3 Å². The minimum Gasteiger partial charge on any atom is -0.412 e. The zero-order valence-corrected chi connectivity index (χ0v) is 19.9. The van der Waals surface area contributed by atoms with Crippen LogP contribution in [0.5, 0.6) is 0 Å². The fourth-order valence-electron chi connectivity index (χ4n) is 1.67. The number of nitrogens with one attached hydrogen (secondary N) is 2. The molecule has 1 saturated heterocycles. The van der Waals surface area contributed by atoms with Gasteiger partial charge >= 0.3 is 0 Å². The van der Waals surface area contributed by atoms with Crippen molar-refractivity contribution >= 4 is 6.79 Å². The molecule has 0 aromatic carbocycles. The third-order valence-electron chi connectivity index (χ3n) is 3.35. The average molecular weight is 443 g/mol. The van der Waals surface area contributed by atoms with E-state index in [1.165, 1.54) is 0 Å². The minimum atomic E-state index is 0. The third-order valence-corrected chi connectivity index (χ3v) is 3.35. The Morgan fingerprint density at radius 1 is 1.03 bits per heavy atom. The molecule has 0 saturated carbocycles. The SMILES string of the molecule is C.C1CNCCN1.C=O.CC.CN1COCN(C)/C(N)=C(/N)C1.COC(C)(C)C.O.[HH]. The van der Waals surface area contributed by atoms with Crippen LogP contribution in [-0.2, 0) is 14.3 Å². The molecule has 0 spiro atoms. The summed E-state index contributed by atoms with van der Waals surface area (Å²) in [6.45, 7) is 18.3. The topological polar surface area (TPSA) is 150 Å². The van der Waals surface area contributed by atoms with Crippen LogP contribution in [0.3, 0.4) is 0 Å². The van der Waals surface area contributed by atoms with Crippen molar-refractivity contribution in [3.63, 3.8) is 0 Å². The predicted octanol–water partition coefficient (Wildman–Crippen LogP) is 0.391. The molecule has 2 aliphatic rings. The molecule has 1 fully saturated rings. The molecule has 10 nitrogen and oxygen atoms in total. The van der Waals surface area contributed by atoms with E-state index in [9.17, 15) is 0 Å². The summed E-state index contributed by atoms with van der Waals surface area (Å²) in [7, 11) is 5.50. The maximum Gasteiger partial charge on any atom is 0.121 e. The Hall–Kier alpha value is -1.43. The monoisotopic (exact) mass is 442 g/mol. The Morgan fingerprint density at radius 2 is 1.40 bits per heavy atom. The quantitative estimate of drug-likeness (QED) is 0.418. The second-order valence-corrected chi connectivity index (χ2v) is 6.90. The van der Waals surface area contributed by atoms with Gasteiger partial charge in [-0.3, -0.25) is 4.90 Å². The number of ether oxygens (including phenoxy) is 2. The number of rotatable bonds is 0. The summed E-state index contributed by atoms with van der Waals surface area (Å²) in [5.74, 6) is 0.599. The molecular weight excluding hydrogens is 388 g/mol. The molecular formula is C20H54N6O4. The van der Waals surface area contributed by atoms with E-state index in [4.69, 9.17) is 25.7 Å². The van der Waals surface area contributed by atoms with Gasteiger partial charge in [-0.1, -0.05) is 21.3 Å². The van der Waals surface area contributed by atoms with Gasteiger partial charge in [-0.25, -0.2) is 0 Å². The molecule has 0 amide bonds. The van der Waals surface area contributed by atoms with Crippen LogP contribution in [0.4, 0.5) is 0 Å². The number of hydrogen-bond acceptors (Lipinski definition) is 9. The molecule has 0 unspecified atom stereocenters. The van der Waals surface area contributed by atoms with Gasteiger partial charge < -0.3 is 46.7 Å². The van der Waals surface area contributed by atoms with Crippen LogP contribution in [0.2, 0.25) is 0 Å². The third kappa shape index (κ3) is 26.6. The number of likely N-dealkylation sites (N-methyl/N-ethyl adjacent to an activating group) is 1. The van der Waals surface area contributed by atoms with E-state index in [1.54, 1.807) is 12.0 Å². The lowest BCUT2D eigenvalue weighted by molar-refractivity contribution is -0.0980. The number of nitrogens with two attached hydrogens (primary N) is 2. The summed E-state index contributed by atoms with van der Waals surface area (Å²) in [5, 5.41) is 6.44. The molecule has 0 bridgehead atoms. The number of nitrogens with zero attached hydrogens (tertiary/aromatic N) is 2. The van der Waals surface area contributed by atoms with Gasteiger partial charge in [0.25, 0.3) is 0 Å². The van der Waals surface area contributed by atoms with Crippen LogP contribution in [0.15, 0.2) is 11.5 Å². The molecule has 188 valence electrons. The zero-order chi connectivity index (χ0) is 22.6. The Bertz CT molecular complexity index is 370. The van der Waals surface area contributed by atoms with Gasteiger partial charge in [0, 0.05) is 48.3 Å². The molecule has 8 N–H and O–H groups in total. The van der Waals surface area contributed by atoms with Gasteiger partial charge in [-0.05, 0) is 27.8 Å². The van der Waals surface area contributed by atoms with Crippen molar-refractivity contribution in [1.29, 1.82) is 0 Å². The van der Waals surface area contributed by atoms with E-state index in [2.05, 4.69) is 10.6 Å². The molecule has 0 radical (unpaired) electrons. The van der Waals surface area contributed by atoms with Gasteiger partial charge in [0.15, 0.2) is 0 Å². The van der Waals surface area contributed by atoms with Gasteiger partial charge in [0.2, 0.25) is 0 Å². The lowest BCUT2D eigenvalue weighted by Crippen LogP contribution is -2.39. The van der Waals surface area contributed by atoms with Gasteiger partial charge in [0.1, 0.15) is 26.1 Å². The number of carbonyl (C=O) groups is 1. The van der Waals surface area contributed by atoms with Crippen LogP contribution in [-0.4, -0.2) is 95.1 Å². The Morgan fingerprint density at radius 3 is 1.70 bits per heavy atom. The van der Waals surface area contributed by atoms with Crippen LogP contribution in [0.1, 0.15) is 43.5 Å². The highest BCUT2D eigenvalue weighted by Gasteiger charge is 2.11. The number of methoxy groups -OCH3 is 1. The van der Waals surface area contributed by atoms with E-state index in [1.807, 2.05) is 60.4 Å². The highest BCUT2D eigenvalue weighted by molar-refractivity contribution is 5.11. The van der Waals surface area contributed by atoms with Crippen LogP contribution >= 0.6 is 0 Å². The molecule has 0 aromatic heterocycles. The molecule has 2 heterocycles. The van der Waals surface area contributed by atoms with Crippen LogP contribution in [0, 0.1) is 0 Å². The van der Waals surface area contributed by atoms with Crippen LogP contribution in [0.25, 0.3) is 0 Å². The maximum atomic E-state index is 8.00.